The molecule has 0 saturated carbocycles. The summed E-state index contributed by atoms with van der Waals surface area (Å²) in [6, 6.07) is 6.53. The van der Waals surface area contributed by atoms with Gasteiger partial charge in [-0.05, 0) is 49.9 Å². The number of halogens is 1. The van der Waals surface area contributed by atoms with E-state index in [1.165, 1.54) is 4.31 Å². The molecule has 2 rings (SSSR count). The van der Waals surface area contributed by atoms with Crippen LogP contribution < -0.4 is 5.32 Å². The maximum atomic E-state index is 13.2. The predicted molar refractivity (Wildman–Crippen MR) is 144 cm³/mol. The molecule has 1 aromatic rings. The van der Waals surface area contributed by atoms with Crippen molar-refractivity contribution in [2.75, 3.05) is 45.9 Å². The number of amides is 2. The van der Waals surface area contributed by atoms with Crippen molar-refractivity contribution in [1.82, 2.24) is 14.5 Å². The molecule has 1 saturated heterocycles. The van der Waals surface area contributed by atoms with Crippen LogP contribution in [0.15, 0.2) is 29.4 Å². The first-order chi connectivity index (χ1) is 18.2. The zero-order valence-corrected chi connectivity index (χ0v) is 23.5. The van der Waals surface area contributed by atoms with Crippen LogP contribution in [-0.2, 0) is 19.5 Å². The van der Waals surface area contributed by atoms with Gasteiger partial charge in [0.2, 0.25) is 5.44 Å². The van der Waals surface area contributed by atoms with Crippen LogP contribution in [0.25, 0.3) is 10.4 Å². The molecule has 0 bridgehead atoms. The molecule has 1 heterocycles. The van der Waals surface area contributed by atoms with E-state index in [2.05, 4.69) is 15.3 Å². The zero-order valence-electron chi connectivity index (χ0n) is 21.9. The van der Waals surface area contributed by atoms with Crippen molar-refractivity contribution in [3.05, 3.63) is 45.8 Å². The number of ether oxygens (including phenoxy) is 2. The Labute approximate surface area is 229 Å². The Bertz CT molecular complexity index is 1040. The van der Waals surface area contributed by atoms with E-state index in [9.17, 15) is 18.0 Å². The number of unbranched alkanes of at least 4 members (excludes halogenated alkanes) is 3. The van der Waals surface area contributed by atoms with E-state index in [4.69, 9.17) is 26.6 Å². The summed E-state index contributed by atoms with van der Waals surface area (Å²) in [5.41, 5.74) is 6.99. The van der Waals surface area contributed by atoms with Crippen molar-refractivity contribution >= 4 is 33.6 Å². The van der Waals surface area contributed by atoms with Gasteiger partial charge in [-0.2, -0.15) is 4.31 Å². The van der Waals surface area contributed by atoms with Gasteiger partial charge in [0.25, 0.3) is 15.9 Å². The summed E-state index contributed by atoms with van der Waals surface area (Å²) in [6.07, 6.45) is 1.80. The first-order valence-electron chi connectivity index (χ1n) is 12.8. The Hall–Kier alpha value is -2.57. The van der Waals surface area contributed by atoms with Gasteiger partial charge in [-0.3, -0.25) is 4.79 Å². The number of morpholine rings is 1. The Morgan fingerprint density at radius 3 is 2.39 bits per heavy atom. The van der Waals surface area contributed by atoms with Gasteiger partial charge < -0.3 is 19.7 Å². The first kappa shape index (κ1) is 31.6. The van der Waals surface area contributed by atoms with E-state index in [-0.39, 0.29) is 38.6 Å². The number of rotatable bonds is 15. The highest BCUT2D eigenvalue weighted by atomic mass is 35.5. The molecule has 0 radical (unpaired) electrons. The van der Waals surface area contributed by atoms with Crippen LogP contribution in [0, 0.1) is 0 Å². The fourth-order valence-corrected chi connectivity index (χ4v) is 5.85. The molecule has 1 fully saturated rings. The summed E-state index contributed by atoms with van der Waals surface area (Å²) in [6.45, 7) is 6.28. The second-order valence-electron chi connectivity index (χ2n) is 8.65. The van der Waals surface area contributed by atoms with Crippen molar-refractivity contribution in [1.29, 1.82) is 0 Å². The Morgan fingerprint density at radius 2 is 1.79 bits per heavy atom. The Morgan fingerprint density at radius 1 is 1.16 bits per heavy atom. The molecule has 1 aliphatic rings. The number of sulfonamides is 1. The van der Waals surface area contributed by atoms with E-state index in [0.29, 0.717) is 50.0 Å². The molecule has 12 nitrogen and oxygen atoms in total. The molecule has 38 heavy (non-hydrogen) atoms. The molecule has 1 aromatic carbocycles. The van der Waals surface area contributed by atoms with E-state index in [0.717, 1.165) is 6.42 Å². The van der Waals surface area contributed by atoms with Gasteiger partial charge >= 0.3 is 6.09 Å². The van der Waals surface area contributed by atoms with Gasteiger partial charge in [0.1, 0.15) is 5.50 Å². The average Bonchev–Trinajstić information content (AvgIpc) is 2.93. The molecule has 1 N–H and O–H groups in total. The van der Waals surface area contributed by atoms with Gasteiger partial charge in [-0.1, -0.05) is 41.7 Å². The van der Waals surface area contributed by atoms with Crippen LogP contribution in [0.1, 0.15) is 67.4 Å². The molecular weight excluding hydrogens is 536 g/mol. The summed E-state index contributed by atoms with van der Waals surface area (Å²) in [5, 5.41) is 5.96. The number of hydrogen-bond acceptors (Lipinski definition) is 7. The van der Waals surface area contributed by atoms with Crippen molar-refractivity contribution in [2.24, 2.45) is 5.11 Å². The number of nitrogens with one attached hydrogen (secondary N) is 1. The predicted octanol–water partition coefficient (Wildman–Crippen LogP) is 4.38. The van der Waals surface area contributed by atoms with Crippen molar-refractivity contribution in [3.63, 3.8) is 0 Å². The molecule has 2 unspecified atom stereocenters. The molecule has 2 amide bonds. The minimum absolute atomic E-state index is 0.103. The number of alkyl halides is 1. The van der Waals surface area contributed by atoms with Crippen LogP contribution >= 0.6 is 11.6 Å². The topological polar surface area (TPSA) is 154 Å². The number of hydrogen-bond donors (Lipinski definition) is 1. The van der Waals surface area contributed by atoms with Crippen molar-refractivity contribution in [3.8, 4) is 0 Å². The number of azide groups is 1. The number of benzene rings is 1. The highest BCUT2D eigenvalue weighted by Gasteiger charge is 2.36. The first-order valence-corrected chi connectivity index (χ1v) is 14.8. The second-order valence-corrected chi connectivity index (χ2v) is 11.2. The Kier molecular flexibility index (Phi) is 13.7. The summed E-state index contributed by atoms with van der Waals surface area (Å²) < 4.78 is 38.4. The van der Waals surface area contributed by atoms with Gasteiger partial charge in [-0.15, -0.1) is 0 Å². The lowest BCUT2D eigenvalue weighted by atomic mass is 10.1. The SMILES string of the molecule is CCN(CC)C(=O)c1ccc(C(Cl)NC(=O)OC(CCCCCCN=[N+]=[N-])S(=O)(=O)N2CCOCC2)cc1. The lowest BCUT2D eigenvalue weighted by Gasteiger charge is -2.30. The standard InChI is InChI=1S/C24H37ClN6O6S/c1-3-30(4-2)23(32)20-12-10-19(11-13-20)22(25)28-24(33)37-21(9-7-5-6-8-14-27-29-26)38(34,35)31-15-17-36-18-16-31/h10-13,21-22H,3-9,14-18H2,1-2H3,(H,28,33). The average molecular weight is 573 g/mol. The van der Waals surface area contributed by atoms with E-state index in [1.807, 2.05) is 13.8 Å². The van der Waals surface area contributed by atoms with E-state index < -0.39 is 27.1 Å². The molecule has 2 atom stereocenters. The van der Waals surface area contributed by atoms with Crippen LogP contribution in [0.4, 0.5) is 4.79 Å². The van der Waals surface area contributed by atoms with Gasteiger partial charge in [0.05, 0.1) is 13.2 Å². The number of carbonyl (C=O) groups is 2. The minimum atomic E-state index is -3.93. The van der Waals surface area contributed by atoms with Gasteiger partial charge in [-0.25, -0.2) is 13.2 Å². The third kappa shape index (κ3) is 9.63. The minimum Gasteiger partial charge on any atom is -0.428 e. The molecule has 212 valence electrons. The van der Waals surface area contributed by atoms with Gasteiger partial charge in [0.15, 0.2) is 0 Å². The molecule has 0 spiro atoms. The fourth-order valence-electron chi connectivity index (χ4n) is 3.96. The van der Waals surface area contributed by atoms with E-state index >= 15 is 0 Å². The summed E-state index contributed by atoms with van der Waals surface area (Å²) in [5.74, 6) is -0.103. The normalized spacial score (nSPS) is 15.7. The highest BCUT2D eigenvalue weighted by molar-refractivity contribution is 7.89. The molecule has 14 heteroatoms. The third-order valence-electron chi connectivity index (χ3n) is 6.16. The maximum Gasteiger partial charge on any atom is 0.409 e. The summed E-state index contributed by atoms with van der Waals surface area (Å²) in [4.78, 5) is 29.6. The van der Waals surface area contributed by atoms with Crippen LogP contribution in [0.5, 0.6) is 0 Å². The monoisotopic (exact) mass is 572 g/mol. The van der Waals surface area contributed by atoms with Gasteiger partial charge in [0, 0.05) is 49.6 Å². The lowest BCUT2D eigenvalue weighted by molar-refractivity contribution is 0.0678. The number of alkyl carbamates (subject to hydrolysis) is 1. The molecule has 1 aliphatic heterocycles. The summed E-state index contributed by atoms with van der Waals surface area (Å²) >= 11 is 6.37. The highest BCUT2D eigenvalue weighted by Crippen LogP contribution is 2.22. The van der Waals surface area contributed by atoms with Crippen LogP contribution in [0.2, 0.25) is 0 Å². The quantitative estimate of drug-likeness (QED) is 0.0821. The smallest absolute Gasteiger partial charge is 0.409 e. The Balaban J connectivity index is 2.01. The van der Waals surface area contributed by atoms with Crippen molar-refractivity contribution in [2.45, 2.75) is 56.9 Å². The third-order valence-corrected chi connectivity index (χ3v) is 8.60. The fraction of sp³-hybridized carbons (Fsp3) is 0.667. The zero-order chi connectivity index (χ0) is 28.0. The number of nitrogens with zero attached hydrogens (tertiary/aromatic N) is 5. The van der Waals surface area contributed by atoms with Crippen LogP contribution in [-0.4, -0.2) is 81.0 Å². The summed E-state index contributed by atoms with van der Waals surface area (Å²) in [7, 11) is -3.93. The van der Waals surface area contributed by atoms with E-state index in [1.54, 1.807) is 29.2 Å². The number of carbonyl (C=O) groups excluding carboxylic acids is 2. The van der Waals surface area contributed by atoms with Crippen LogP contribution in [0.3, 0.4) is 0 Å². The second kappa shape index (κ2) is 16.4. The largest absolute Gasteiger partial charge is 0.428 e. The molecule has 0 aromatic heterocycles. The lowest BCUT2D eigenvalue weighted by Crippen LogP contribution is -2.47. The maximum absolute atomic E-state index is 13.2. The van der Waals surface area contributed by atoms with Crippen molar-refractivity contribution < 1.29 is 27.5 Å². The molecular formula is C24H37ClN6O6S. The molecule has 0 aliphatic carbocycles.